The molecule has 7 heteroatoms. The summed E-state index contributed by atoms with van der Waals surface area (Å²) in [6, 6.07) is 5.46. The molecule has 0 fully saturated rings. The van der Waals surface area contributed by atoms with Crippen LogP contribution in [-0.2, 0) is 0 Å². The minimum Gasteiger partial charge on any atom is -0.426 e. The van der Waals surface area contributed by atoms with Crippen molar-refractivity contribution in [2.24, 2.45) is 0 Å². The van der Waals surface area contributed by atoms with Crippen LogP contribution in [0.1, 0.15) is 0 Å². The maximum Gasteiger partial charge on any atom is 0.292 e. The Balaban J connectivity index is 1.88. The number of aromatic nitrogens is 4. The molecule has 0 amide bonds. The summed E-state index contributed by atoms with van der Waals surface area (Å²) in [4.78, 5) is 16.3. The van der Waals surface area contributed by atoms with E-state index in [1.807, 2.05) is 12.1 Å². The van der Waals surface area contributed by atoms with Gasteiger partial charge in [0.1, 0.15) is 17.3 Å². The molecule has 0 aliphatic carbocycles. The highest BCUT2D eigenvalue weighted by Gasteiger charge is 2.07. The van der Waals surface area contributed by atoms with Crippen molar-refractivity contribution in [1.29, 1.82) is 0 Å². The van der Waals surface area contributed by atoms with Gasteiger partial charge in [-0.3, -0.25) is 4.98 Å². The first kappa shape index (κ1) is 11.6. The average Bonchev–Trinajstić information content (AvgIpc) is 2.87. The Morgan fingerprint density at radius 2 is 2.00 bits per heavy atom. The van der Waals surface area contributed by atoms with Gasteiger partial charge in [-0.25, -0.2) is 15.0 Å². The SMILES string of the molecule is Clc1ncc(-c2cccc(Nc3cnccn3)n2)o1. The summed E-state index contributed by atoms with van der Waals surface area (Å²) in [5, 5.41) is 3.13. The number of hydrogen-bond acceptors (Lipinski definition) is 6. The van der Waals surface area contributed by atoms with E-state index >= 15 is 0 Å². The molecule has 0 saturated carbocycles. The average molecular weight is 274 g/mol. The quantitative estimate of drug-likeness (QED) is 0.791. The number of oxazole rings is 1. The molecule has 0 aliphatic rings. The zero-order valence-electron chi connectivity index (χ0n) is 9.62. The molecule has 3 aromatic heterocycles. The second-order valence-corrected chi connectivity index (χ2v) is 3.92. The van der Waals surface area contributed by atoms with Crippen LogP contribution in [0, 0.1) is 0 Å². The second-order valence-electron chi connectivity index (χ2n) is 3.60. The van der Waals surface area contributed by atoms with E-state index in [0.29, 0.717) is 23.1 Å². The van der Waals surface area contributed by atoms with Crippen molar-refractivity contribution in [2.45, 2.75) is 0 Å². The maximum atomic E-state index is 5.64. The lowest BCUT2D eigenvalue weighted by atomic mass is 10.3. The number of hydrogen-bond donors (Lipinski definition) is 1. The topological polar surface area (TPSA) is 76.7 Å². The van der Waals surface area contributed by atoms with Crippen LogP contribution in [0.2, 0.25) is 5.35 Å². The van der Waals surface area contributed by atoms with Gasteiger partial charge in [-0.2, -0.15) is 0 Å². The molecular weight excluding hydrogens is 266 g/mol. The molecule has 0 atom stereocenters. The fourth-order valence-corrected chi connectivity index (χ4v) is 1.64. The predicted octanol–water partition coefficient (Wildman–Crippen LogP) is 2.92. The first-order valence-corrected chi connectivity index (χ1v) is 5.81. The van der Waals surface area contributed by atoms with Gasteiger partial charge in [0.05, 0.1) is 12.4 Å². The largest absolute Gasteiger partial charge is 0.426 e. The molecule has 3 aromatic rings. The van der Waals surface area contributed by atoms with Crippen molar-refractivity contribution in [3.8, 4) is 11.5 Å². The monoisotopic (exact) mass is 273 g/mol. The van der Waals surface area contributed by atoms with Gasteiger partial charge in [0, 0.05) is 12.4 Å². The molecule has 0 aromatic carbocycles. The number of pyridine rings is 1. The number of rotatable bonds is 3. The normalized spacial score (nSPS) is 10.4. The molecule has 94 valence electrons. The van der Waals surface area contributed by atoms with E-state index in [2.05, 4.69) is 25.3 Å². The minimum absolute atomic E-state index is 0.0871. The molecule has 0 radical (unpaired) electrons. The van der Waals surface area contributed by atoms with Gasteiger partial charge >= 0.3 is 0 Å². The van der Waals surface area contributed by atoms with E-state index in [1.165, 1.54) is 6.20 Å². The summed E-state index contributed by atoms with van der Waals surface area (Å²) in [7, 11) is 0. The Hall–Kier alpha value is -2.47. The summed E-state index contributed by atoms with van der Waals surface area (Å²) >= 11 is 5.64. The Morgan fingerprint density at radius 1 is 1.05 bits per heavy atom. The van der Waals surface area contributed by atoms with Gasteiger partial charge in [-0.1, -0.05) is 6.07 Å². The summed E-state index contributed by atoms with van der Waals surface area (Å²) in [5.41, 5.74) is 0.633. The highest BCUT2D eigenvalue weighted by Crippen LogP contribution is 2.22. The van der Waals surface area contributed by atoms with E-state index in [0.717, 1.165) is 0 Å². The third kappa shape index (κ3) is 2.69. The van der Waals surface area contributed by atoms with Crippen LogP contribution in [0.25, 0.3) is 11.5 Å². The molecule has 0 unspecified atom stereocenters. The number of nitrogens with zero attached hydrogens (tertiary/aromatic N) is 4. The van der Waals surface area contributed by atoms with Crippen LogP contribution in [-0.4, -0.2) is 19.9 Å². The zero-order valence-corrected chi connectivity index (χ0v) is 10.4. The second kappa shape index (κ2) is 5.03. The van der Waals surface area contributed by atoms with Crippen molar-refractivity contribution in [1.82, 2.24) is 19.9 Å². The van der Waals surface area contributed by atoms with Gasteiger partial charge in [0.2, 0.25) is 0 Å². The van der Waals surface area contributed by atoms with Gasteiger partial charge in [-0.05, 0) is 23.7 Å². The molecule has 19 heavy (non-hydrogen) atoms. The highest BCUT2D eigenvalue weighted by molar-refractivity contribution is 6.27. The molecule has 1 N–H and O–H groups in total. The van der Waals surface area contributed by atoms with Crippen molar-refractivity contribution < 1.29 is 4.42 Å². The number of anilines is 2. The summed E-state index contributed by atoms with van der Waals surface area (Å²) < 4.78 is 5.21. The van der Waals surface area contributed by atoms with Crippen LogP contribution >= 0.6 is 11.6 Å². The summed E-state index contributed by atoms with van der Waals surface area (Å²) in [5.74, 6) is 1.75. The fraction of sp³-hybridized carbons (Fsp3) is 0. The predicted molar refractivity (Wildman–Crippen MR) is 70.1 cm³/mol. The van der Waals surface area contributed by atoms with Crippen LogP contribution in [0.15, 0.2) is 47.4 Å². The minimum atomic E-state index is 0.0871. The van der Waals surface area contributed by atoms with Crippen LogP contribution < -0.4 is 5.32 Å². The fourth-order valence-electron chi connectivity index (χ4n) is 1.51. The maximum absolute atomic E-state index is 5.64. The van der Waals surface area contributed by atoms with Gasteiger partial charge in [0.25, 0.3) is 5.35 Å². The van der Waals surface area contributed by atoms with Crippen molar-refractivity contribution in [2.75, 3.05) is 5.32 Å². The standard InChI is InChI=1S/C12H8ClN5O/c13-12-16-6-9(19-12)8-2-1-3-10(17-8)18-11-7-14-4-5-15-11/h1-7H,(H,15,17,18). The van der Waals surface area contributed by atoms with E-state index in [4.69, 9.17) is 16.0 Å². The number of nitrogens with one attached hydrogen (secondary N) is 1. The Morgan fingerprint density at radius 3 is 2.74 bits per heavy atom. The van der Waals surface area contributed by atoms with Gasteiger partial charge < -0.3 is 9.73 Å². The van der Waals surface area contributed by atoms with Crippen molar-refractivity contribution in [3.63, 3.8) is 0 Å². The van der Waals surface area contributed by atoms with Crippen LogP contribution in [0.3, 0.4) is 0 Å². The molecule has 0 bridgehead atoms. The molecule has 6 nitrogen and oxygen atoms in total. The van der Waals surface area contributed by atoms with Gasteiger partial charge in [-0.15, -0.1) is 0 Å². The molecular formula is C12H8ClN5O. The highest BCUT2D eigenvalue weighted by atomic mass is 35.5. The molecule has 0 aliphatic heterocycles. The molecule has 3 rings (SSSR count). The molecule has 0 saturated heterocycles. The lowest BCUT2D eigenvalue weighted by molar-refractivity contribution is 0.572. The summed E-state index contributed by atoms with van der Waals surface area (Å²) in [6.07, 6.45) is 6.34. The lowest BCUT2D eigenvalue weighted by Gasteiger charge is -2.04. The van der Waals surface area contributed by atoms with Crippen LogP contribution in [0.4, 0.5) is 11.6 Å². The van der Waals surface area contributed by atoms with Gasteiger partial charge in [0.15, 0.2) is 5.76 Å². The zero-order chi connectivity index (χ0) is 13.1. The van der Waals surface area contributed by atoms with Crippen LogP contribution in [0.5, 0.6) is 0 Å². The third-order valence-corrected chi connectivity index (χ3v) is 2.47. The van der Waals surface area contributed by atoms with E-state index < -0.39 is 0 Å². The Kier molecular flexibility index (Phi) is 3.07. The Bertz CT molecular complexity index is 685. The smallest absolute Gasteiger partial charge is 0.292 e. The molecule has 3 heterocycles. The first-order chi connectivity index (χ1) is 9.31. The first-order valence-electron chi connectivity index (χ1n) is 5.43. The Labute approximate surface area is 113 Å². The summed E-state index contributed by atoms with van der Waals surface area (Å²) in [6.45, 7) is 0. The lowest BCUT2D eigenvalue weighted by Crippen LogP contribution is -1.96. The third-order valence-electron chi connectivity index (χ3n) is 2.30. The van der Waals surface area contributed by atoms with E-state index in [9.17, 15) is 0 Å². The molecule has 0 spiro atoms. The van der Waals surface area contributed by atoms with E-state index in [1.54, 1.807) is 24.7 Å². The number of halogens is 1. The van der Waals surface area contributed by atoms with Crippen molar-refractivity contribution in [3.05, 3.63) is 48.3 Å². The van der Waals surface area contributed by atoms with E-state index in [-0.39, 0.29) is 5.35 Å². The van der Waals surface area contributed by atoms with Crippen molar-refractivity contribution >= 4 is 23.2 Å².